The van der Waals surface area contributed by atoms with E-state index in [0.29, 0.717) is 29.8 Å². The maximum atomic E-state index is 10.6. The van der Waals surface area contributed by atoms with Gasteiger partial charge in [0.15, 0.2) is 5.60 Å². The van der Waals surface area contributed by atoms with Gasteiger partial charge < -0.3 is 20.1 Å². The van der Waals surface area contributed by atoms with E-state index in [4.69, 9.17) is 4.74 Å². The summed E-state index contributed by atoms with van der Waals surface area (Å²) in [4.78, 5) is 15.1. The molecule has 4 rings (SSSR count). The van der Waals surface area contributed by atoms with Crippen LogP contribution in [0.1, 0.15) is 24.0 Å². The third-order valence-corrected chi connectivity index (χ3v) is 5.56. The molecule has 0 saturated heterocycles. The molecule has 0 spiro atoms. The van der Waals surface area contributed by atoms with Gasteiger partial charge in [-0.3, -0.25) is 0 Å². The van der Waals surface area contributed by atoms with Crippen molar-refractivity contribution in [1.82, 2.24) is 24.7 Å². The first-order valence-electron chi connectivity index (χ1n) is 9.63. The Morgan fingerprint density at radius 3 is 3.03 bits per heavy atom. The highest BCUT2D eigenvalue weighted by atomic mass is 32.1. The second-order valence-electron chi connectivity index (χ2n) is 6.93. The van der Waals surface area contributed by atoms with Gasteiger partial charge in [0.1, 0.15) is 22.3 Å². The van der Waals surface area contributed by atoms with Crippen molar-refractivity contribution in [2.24, 2.45) is 0 Å². The molecule has 2 N–H and O–H groups in total. The van der Waals surface area contributed by atoms with Crippen molar-refractivity contribution in [3.05, 3.63) is 40.6 Å². The summed E-state index contributed by atoms with van der Waals surface area (Å²) in [5, 5.41) is 20.7. The van der Waals surface area contributed by atoms with E-state index in [1.54, 1.807) is 26.4 Å². The van der Waals surface area contributed by atoms with Crippen molar-refractivity contribution in [2.45, 2.75) is 25.5 Å². The van der Waals surface area contributed by atoms with E-state index in [2.05, 4.69) is 42.1 Å². The molecule has 1 aliphatic rings. The van der Waals surface area contributed by atoms with Crippen LogP contribution in [0.15, 0.2) is 29.9 Å². The first-order valence-corrected chi connectivity index (χ1v) is 10.5. The highest BCUT2D eigenvalue weighted by molar-refractivity contribution is 7.09. The summed E-state index contributed by atoms with van der Waals surface area (Å²) in [5.41, 5.74) is -0.714. The number of aryl methyl sites for hydroxylation is 1. The summed E-state index contributed by atoms with van der Waals surface area (Å²) in [6.07, 6.45) is 4.33. The summed E-state index contributed by atoms with van der Waals surface area (Å²) in [6, 6.07) is 3.80. The van der Waals surface area contributed by atoms with Crippen LogP contribution in [0, 0.1) is 11.8 Å². The van der Waals surface area contributed by atoms with Crippen LogP contribution in [0.3, 0.4) is 0 Å². The number of aromatic nitrogens is 5. The summed E-state index contributed by atoms with van der Waals surface area (Å²) in [7, 11) is 1.66. The maximum absolute atomic E-state index is 10.6. The number of fused-ring (bicyclic) bond motifs is 1. The first-order chi connectivity index (χ1) is 14.6. The predicted molar refractivity (Wildman–Crippen MR) is 115 cm³/mol. The molecule has 0 aliphatic carbocycles. The van der Waals surface area contributed by atoms with E-state index in [1.165, 1.54) is 11.3 Å². The molecule has 30 heavy (non-hydrogen) atoms. The fourth-order valence-electron chi connectivity index (χ4n) is 3.13. The van der Waals surface area contributed by atoms with Gasteiger partial charge in [-0.05, 0) is 25.3 Å². The molecule has 0 amide bonds. The molecule has 0 bridgehead atoms. The average Bonchev–Trinajstić information content (AvgIpc) is 3.43. The number of methoxy groups -OCH3 is 1. The Hall–Kier alpha value is -3.00. The second kappa shape index (κ2) is 8.79. The Balaban J connectivity index is 1.57. The normalized spacial score (nSPS) is 15.1. The Kier molecular flexibility index (Phi) is 5.94. The lowest BCUT2D eigenvalue weighted by Crippen LogP contribution is -2.29. The first kappa shape index (κ1) is 20.3. The third kappa shape index (κ3) is 4.43. The zero-order valence-corrected chi connectivity index (χ0v) is 17.7. The molecule has 9 nitrogen and oxygen atoms in total. The lowest BCUT2D eigenvalue weighted by Gasteiger charge is -2.28. The van der Waals surface area contributed by atoms with Crippen LogP contribution in [0.25, 0.3) is 0 Å². The third-order valence-electron chi connectivity index (χ3n) is 4.58. The number of nitrogens with one attached hydrogen (secondary N) is 1. The molecular formula is C20H23N7O2S. The van der Waals surface area contributed by atoms with Gasteiger partial charge >= 0.3 is 0 Å². The van der Waals surface area contributed by atoms with Gasteiger partial charge in [-0.25, -0.2) is 14.6 Å². The molecule has 0 fully saturated rings. The Morgan fingerprint density at radius 2 is 2.23 bits per heavy atom. The molecule has 0 aromatic carbocycles. The number of aliphatic hydroxyl groups is 1. The minimum Gasteiger partial charge on any atom is -0.383 e. The number of anilines is 3. The van der Waals surface area contributed by atoms with Crippen molar-refractivity contribution in [3.8, 4) is 11.8 Å². The summed E-state index contributed by atoms with van der Waals surface area (Å²) >= 11 is 1.37. The number of hydrogen-bond acceptors (Lipinski definition) is 9. The quantitative estimate of drug-likeness (QED) is 0.457. The number of hydrogen-bond donors (Lipinski definition) is 2. The van der Waals surface area contributed by atoms with Gasteiger partial charge in [-0.1, -0.05) is 5.92 Å². The molecule has 3 aromatic heterocycles. The predicted octanol–water partition coefficient (Wildman–Crippen LogP) is 1.99. The molecular weight excluding hydrogens is 402 g/mol. The van der Waals surface area contributed by atoms with Gasteiger partial charge in [-0.15, -0.1) is 11.3 Å². The van der Waals surface area contributed by atoms with Crippen molar-refractivity contribution in [2.75, 3.05) is 37.0 Å². The molecule has 4 heterocycles. The second-order valence-corrected chi connectivity index (χ2v) is 7.83. The zero-order chi connectivity index (χ0) is 21.0. The number of ether oxygens (including phenoxy) is 1. The zero-order valence-electron chi connectivity index (χ0n) is 16.9. The van der Waals surface area contributed by atoms with Crippen LogP contribution in [-0.2, 0) is 16.9 Å². The standard InChI is InChI=1S/C20H23N7O2S/c1-20(28,18-21-9-13-30-18)6-4-15-14-17-26(10-3-11-27(17)25-15)16-5-7-22-19(24-16)23-8-12-29-2/h5,7,9,13-14,28H,3,8,10-12H2,1-2H3,(H,22,23,24). The molecule has 10 heteroatoms. The number of rotatable bonds is 6. The van der Waals surface area contributed by atoms with E-state index in [9.17, 15) is 5.11 Å². The Labute approximate surface area is 178 Å². The average molecular weight is 426 g/mol. The van der Waals surface area contributed by atoms with Gasteiger partial charge in [0.25, 0.3) is 0 Å². The monoisotopic (exact) mass is 425 g/mol. The summed E-state index contributed by atoms with van der Waals surface area (Å²) in [6.45, 7) is 4.48. The van der Waals surface area contributed by atoms with E-state index < -0.39 is 5.60 Å². The van der Waals surface area contributed by atoms with Crippen LogP contribution in [0.4, 0.5) is 17.6 Å². The SMILES string of the molecule is COCCNc1nccc(N2CCCn3nc(C#CC(C)(O)c4nccs4)cc32)n1. The molecule has 1 atom stereocenters. The van der Waals surface area contributed by atoms with Gasteiger partial charge in [0.2, 0.25) is 5.95 Å². The summed E-state index contributed by atoms with van der Waals surface area (Å²) < 4.78 is 6.98. The number of nitrogens with zero attached hydrogens (tertiary/aromatic N) is 6. The summed E-state index contributed by atoms with van der Waals surface area (Å²) in [5.74, 6) is 8.15. The molecule has 1 aliphatic heterocycles. The van der Waals surface area contributed by atoms with Crippen molar-refractivity contribution in [1.29, 1.82) is 0 Å². The number of thiazole rings is 1. The van der Waals surface area contributed by atoms with Crippen molar-refractivity contribution < 1.29 is 9.84 Å². The Morgan fingerprint density at radius 1 is 1.33 bits per heavy atom. The highest BCUT2D eigenvalue weighted by Crippen LogP contribution is 2.29. The van der Waals surface area contributed by atoms with Crippen molar-refractivity contribution in [3.63, 3.8) is 0 Å². The van der Waals surface area contributed by atoms with E-state index in [-0.39, 0.29) is 0 Å². The lowest BCUT2D eigenvalue weighted by atomic mass is 10.1. The van der Waals surface area contributed by atoms with Crippen LogP contribution < -0.4 is 10.2 Å². The van der Waals surface area contributed by atoms with Gasteiger partial charge in [-0.2, -0.15) is 10.1 Å². The largest absolute Gasteiger partial charge is 0.383 e. The van der Waals surface area contributed by atoms with Crippen LogP contribution in [0.5, 0.6) is 0 Å². The maximum Gasteiger partial charge on any atom is 0.224 e. The van der Waals surface area contributed by atoms with Crippen molar-refractivity contribution >= 4 is 28.9 Å². The fraction of sp³-hybridized carbons (Fsp3) is 0.400. The van der Waals surface area contributed by atoms with Gasteiger partial charge in [0, 0.05) is 50.6 Å². The van der Waals surface area contributed by atoms with Crippen LogP contribution in [0.2, 0.25) is 0 Å². The minimum absolute atomic E-state index is 0.556. The topological polar surface area (TPSA) is 101 Å². The molecule has 3 aromatic rings. The highest BCUT2D eigenvalue weighted by Gasteiger charge is 2.24. The van der Waals surface area contributed by atoms with Crippen LogP contribution in [-0.4, -0.2) is 56.6 Å². The van der Waals surface area contributed by atoms with E-state index in [0.717, 1.165) is 31.1 Å². The molecule has 0 saturated carbocycles. The van der Waals surface area contributed by atoms with E-state index in [1.807, 2.05) is 22.2 Å². The molecule has 1 unspecified atom stereocenters. The fourth-order valence-corrected chi connectivity index (χ4v) is 3.78. The minimum atomic E-state index is -1.31. The molecule has 156 valence electrons. The smallest absolute Gasteiger partial charge is 0.224 e. The molecule has 0 radical (unpaired) electrons. The lowest BCUT2D eigenvalue weighted by molar-refractivity contribution is 0.122. The van der Waals surface area contributed by atoms with Crippen LogP contribution >= 0.6 is 11.3 Å². The van der Waals surface area contributed by atoms with Gasteiger partial charge in [0.05, 0.1) is 6.61 Å². The Bertz CT molecular complexity index is 1050. The van der Waals surface area contributed by atoms with E-state index >= 15 is 0 Å².